The Balaban J connectivity index is 1.46. The predicted molar refractivity (Wildman–Crippen MR) is 133 cm³/mol. The third-order valence-corrected chi connectivity index (χ3v) is 6.98. The summed E-state index contributed by atoms with van der Waals surface area (Å²) in [5.74, 6) is 0.598. The summed E-state index contributed by atoms with van der Waals surface area (Å²) in [5, 5.41) is 0. The van der Waals surface area contributed by atoms with Gasteiger partial charge in [-0.25, -0.2) is 4.98 Å². The molecule has 4 rings (SSSR count). The highest BCUT2D eigenvalue weighted by molar-refractivity contribution is 7.09. The molecule has 0 bridgehead atoms. The highest BCUT2D eigenvalue weighted by Crippen LogP contribution is 2.19. The molecular formula is C26H30N4O4S. The average molecular weight is 495 g/mol. The molecule has 0 radical (unpaired) electrons. The van der Waals surface area contributed by atoms with E-state index in [2.05, 4.69) is 9.97 Å². The Bertz CT molecular complexity index is 1140. The van der Waals surface area contributed by atoms with Crippen molar-refractivity contribution in [3.05, 3.63) is 76.0 Å². The molecule has 0 N–H and O–H groups in total. The highest BCUT2D eigenvalue weighted by atomic mass is 32.1. The van der Waals surface area contributed by atoms with E-state index in [1.54, 1.807) is 40.0 Å². The molecule has 1 unspecified atom stereocenters. The molecular weight excluding hydrogens is 464 g/mol. The summed E-state index contributed by atoms with van der Waals surface area (Å²) in [6.45, 7) is 3.46. The number of rotatable bonds is 9. The van der Waals surface area contributed by atoms with Crippen LogP contribution in [0, 0.1) is 6.92 Å². The number of methoxy groups -OCH3 is 1. The number of aromatic nitrogens is 2. The largest absolute Gasteiger partial charge is 0.497 e. The SMILES string of the molecule is COc1cccc(COC2CN(C(=O)CCc3scnc3C)CC(=O)N(Cc3ccccn3)C2)c1. The fourth-order valence-corrected chi connectivity index (χ4v) is 4.82. The van der Waals surface area contributed by atoms with Crippen LogP contribution in [0.5, 0.6) is 5.75 Å². The van der Waals surface area contributed by atoms with Crippen LogP contribution in [0.1, 0.15) is 28.2 Å². The summed E-state index contributed by atoms with van der Waals surface area (Å²) in [6, 6.07) is 13.3. The van der Waals surface area contributed by atoms with Gasteiger partial charge in [0.05, 0.1) is 49.8 Å². The van der Waals surface area contributed by atoms with E-state index in [9.17, 15) is 9.59 Å². The van der Waals surface area contributed by atoms with Crippen LogP contribution < -0.4 is 4.74 Å². The number of ether oxygens (including phenoxy) is 2. The predicted octanol–water partition coefficient (Wildman–Crippen LogP) is 3.24. The average Bonchev–Trinajstić information content (AvgIpc) is 3.22. The Hall–Kier alpha value is -3.30. The van der Waals surface area contributed by atoms with Gasteiger partial charge in [0, 0.05) is 30.6 Å². The number of thiazole rings is 1. The Labute approximate surface area is 209 Å². The van der Waals surface area contributed by atoms with Crippen LogP contribution in [-0.2, 0) is 33.9 Å². The second kappa shape index (κ2) is 11.9. The lowest BCUT2D eigenvalue weighted by Gasteiger charge is -2.25. The van der Waals surface area contributed by atoms with Crippen molar-refractivity contribution < 1.29 is 19.1 Å². The molecule has 2 aromatic heterocycles. The number of benzene rings is 1. The van der Waals surface area contributed by atoms with Gasteiger partial charge < -0.3 is 19.3 Å². The standard InChI is InChI=1S/C26H30N4O4S/c1-19-24(35-18-28-19)9-10-25(31)30-15-23(34-17-20-6-5-8-22(12-20)33-2)14-29(26(32)16-30)13-21-7-3-4-11-27-21/h3-8,11-12,18,23H,9-10,13-17H2,1-2H3. The van der Waals surface area contributed by atoms with Crippen molar-refractivity contribution in [3.8, 4) is 5.75 Å². The lowest BCUT2D eigenvalue weighted by Crippen LogP contribution is -2.39. The molecule has 2 amide bonds. The van der Waals surface area contributed by atoms with E-state index in [4.69, 9.17) is 9.47 Å². The highest BCUT2D eigenvalue weighted by Gasteiger charge is 2.31. The molecule has 1 aliphatic heterocycles. The van der Waals surface area contributed by atoms with Crippen LogP contribution in [-0.4, -0.2) is 64.4 Å². The number of aryl methyl sites for hydroxylation is 2. The third-order valence-electron chi connectivity index (χ3n) is 5.99. The zero-order valence-corrected chi connectivity index (χ0v) is 20.9. The molecule has 1 fully saturated rings. The van der Waals surface area contributed by atoms with Crippen LogP contribution in [0.4, 0.5) is 0 Å². The molecule has 1 saturated heterocycles. The van der Waals surface area contributed by atoms with Crippen LogP contribution in [0.15, 0.2) is 54.2 Å². The minimum Gasteiger partial charge on any atom is -0.497 e. The zero-order chi connectivity index (χ0) is 24.6. The quantitative estimate of drug-likeness (QED) is 0.454. The normalized spacial score (nSPS) is 16.3. The first-order valence-corrected chi connectivity index (χ1v) is 12.5. The Morgan fingerprint density at radius 1 is 1.17 bits per heavy atom. The number of pyridine rings is 1. The van der Waals surface area contributed by atoms with Gasteiger partial charge >= 0.3 is 0 Å². The van der Waals surface area contributed by atoms with Crippen molar-refractivity contribution in [1.29, 1.82) is 0 Å². The van der Waals surface area contributed by atoms with E-state index in [0.717, 1.165) is 27.6 Å². The van der Waals surface area contributed by atoms with Gasteiger partial charge in [-0.3, -0.25) is 14.6 Å². The molecule has 1 aromatic carbocycles. The van der Waals surface area contributed by atoms with Crippen molar-refractivity contribution >= 4 is 23.2 Å². The van der Waals surface area contributed by atoms with Gasteiger partial charge in [-0.05, 0) is 43.2 Å². The van der Waals surface area contributed by atoms with Crippen LogP contribution in [0.25, 0.3) is 0 Å². The number of hydrogen-bond donors (Lipinski definition) is 0. The lowest BCUT2D eigenvalue weighted by molar-refractivity contribution is -0.139. The maximum absolute atomic E-state index is 13.1. The smallest absolute Gasteiger partial charge is 0.242 e. The zero-order valence-electron chi connectivity index (χ0n) is 20.1. The summed E-state index contributed by atoms with van der Waals surface area (Å²) < 4.78 is 11.5. The molecule has 35 heavy (non-hydrogen) atoms. The van der Waals surface area contributed by atoms with Crippen LogP contribution in [0.3, 0.4) is 0 Å². The number of carbonyl (C=O) groups is 2. The van der Waals surface area contributed by atoms with E-state index >= 15 is 0 Å². The first-order valence-electron chi connectivity index (χ1n) is 11.6. The Kier molecular flexibility index (Phi) is 8.44. The van der Waals surface area contributed by atoms with Crippen molar-refractivity contribution in [2.75, 3.05) is 26.7 Å². The minimum atomic E-state index is -0.328. The van der Waals surface area contributed by atoms with Crippen molar-refractivity contribution in [3.63, 3.8) is 0 Å². The van der Waals surface area contributed by atoms with E-state index in [0.29, 0.717) is 39.1 Å². The van der Waals surface area contributed by atoms with Crippen LogP contribution in [0.2, 0.25) is 0 Å². The monoisotopic (exact) mass is 494 g/mol. The molecule has 9 heteroatoms. The summed E-state index contributed by atoms with van der Waals surface area (Å²) >= 11 is 1.55. The fourth-order valence-electron chi connectivity index (χ4n) is 4.04. The van der Waals surface area contributed by atoms with Crippen molar-refractivity contribution in [2.45, 2.75) is 39.0 Å². The first-order chi connectivity index (χ1) is 17.0. The summed E-state index contributed by atoms with van der Waals surface area (Å²) in [5.41, 5.74) is 4.51. The molecule has 3 heterocycles. The second-order valence-electron chi connectivity index (χ2n) is 8.52. The van der Waals surface area contributed by atoms with Crippen molar-refractivity contribution in [1.82, 2.24) is 19.8 Å². The number of nitrogens with zero attached hydrogens (tertiary/aromatic N) is 4. The lowest BCUT2D eigenvalue weighted by atomic mass is 10.2. The third kappa shape index (κ3) is 6.86. The van der Waals surface area contributed by atoms with Gasteiger partial charge in [0.1, 0.15) is 5.75 Å². The molecule has 8 nitrogen and oxygen atoms in total. The Morgan fingerprint density at radius 3 is 2.80 bits per heavy atom. The summed E-state index contributed by atoms with van der Waals surface area (Å²) in [6.07, 6.45) is 2.34. The van der Waals surface area contributed by atoms with Gasteiger partial charge in [-0.15, -0.1) is 11.3 Å². The van der Waals surface area contributed by atoms with Crippen molar-refractivity contribution in [2.24, 2.45) is 0 Å². The molecule has 0 saturated carbocycles. The summed E-state index contributed by atoms with van der Waals surface area (Å²) in [7, 11) is 1.63. The van der Waals surface area contributed by atoms with E-state index < -0.39 is 0 Å². The molecule has 1 atom stereocenters. The van der Waals surface area contributed by atoms with Gasteiger partial charge in [-0.1, -0.05) is 18.2 Å². The molecule has 184 valence electrons. The first kappa shape index (κ1) is 24.8. The van der Waals surface area contributed by atoms with E-state index in [-0.39, 0.29) is 24.5 Å². The van der Waals surface area contributed by atoms with E-state index in [1.165, 1.54) is 0 Å². The van der Waals surface area contributed by atoms with Crippen LogP contribution >= 0.6 is 11.3 Å². The second-order valence-corrected chi connectivity index (χ2v) is 9.45. The maximum atomic E-state index is 13.1. The topological polar surface area (TPSA) is 84.9 Å². The molecule has 0 spiro atoms. The fraction of sp³-hybridized carbons (Fsp3) is 0.385. The molecule has 0 aliphatic carbocycles. The van der Waals surface area contributed by atoms with Gasteiger partial charge in [0.2, 0.25) is 11.8 Å². The minimum absolute atomic E-state index is 0.0341. The molecule has 1 aliphatic rings. The maximum Gasteiger partial charge on any atom is 0.242 e. The number of carbonyl (C=O) groups excluding carboxylic acids is 2. The van der Waals surface area contributed by atoms with Gasteiger partial charge in [0.25, 0.3) is 0 Å². The van der Waals surface area contributed by atoms with Gasteiger partial charge in [-0.2, -0.15) is 0 Å². The number of hydrogen-bond acceptors (Lipinski definition) is 7. The Morgan fingerprint density at radius 2 is 2.06 bits per heavy atom. The van der Waals surface area contributed by atoms with E-state index in [1.807, 2.05) is 49.4 Å². The number of amides is 2. The summed E-state index contributed by atoms with van der Waals surface area (Å²) in [4.78, 5) is 39.4. The van der Waals surface area contributed by atoms with Gasteiger partial charge in [0.15, 0.2) is 0 Å². The molecule has 3 aromatic rings.